The fourth-order valence-corrected chi connectivity index (χ4v) is 5.92. The van der Waals surface area contributed by atoms with Crippen molar-refractivity contribution in [2.24, 2.45) is 23.5 Å². The third kappa shape index (κ3) is 2.25. The van der Waals surface area contributed by atoms with Crippen LogP contribution in [0.25, 0.3) is 0 Å². The molecule has 124 valence electrons. The van der Waals surface area contributed by atoms with Crippen molar-refractivity contribution in [3.63, 3.8) is 0 Å². The quantitative estimate of drug-likeness (QED) is 0.716. The summed E-state index contributed by atoms with van der Waals surface area (Å²) in [5.74, 6) is -0.488. The third-order valence-corrected chi connectivity index (χ3v) is 7.15. The molecule has 0 aromatic heterocycles. The first-order valence-electron chi connectivity index (χ1n) is 7.77. The summed E-state index contributed by atoms with van der Waals surface area (Å²) in [6, 6.07) is -0.716. The minimum Gasteiger partial charge on any atom is -0.468 e. The van der Waals surface area contributed by atoms with Gasteiger partial charge in [-0.25, -0.2) is 0 Å². The van der Waals surface area contributed by atoms with Crippen LogP contribution in [0, 0.1) is 17.8 Å². The van der Waals surface area contributed by atoms with E-state index in [9.17, 15) is 14.7 Å². The van der Waals surface area contributed by atoms with Crippen molar-refractivity contribution in [3.05, 3.63) is 0 Å². The van der Waals surface area contributed by atoms with Crippen LogP contribution in [0.3, 0.4) is 0 Å². The molecular formula is C15H23NO5S. The highest BCUT2D eigenvalue weighted by Crippen LogP contribution is 2.58. The number of hydrogen-bond donors (Lipinski definition) is 2. The second kappa shape index (κ2) is 5.69. The summed E-state index contributed by atoms with van der Waals surface area (Å²) < 4.78 is 10.1. The van der Waals surface area contributed by atoms with Gasteiger partial charge in [0, 0.05) is 11.0 Å². The maximum atomic E-state index is 12.3. The number of methoxy groups -OCH3 is 1. The number of aliphatic hydroxyl groups is 1. The average molecular weight is 329 g/mol. The molecule has 0 amide bonds. The Morgan fingerprint density at radius 2 is 2.32 bits per heavy atom. The third-order valence-electron chi connectivity index (χ3n) is 5.48. The molecule has 3 rings (SSSR count). The van der Waals surface area contributed by atoms with Crippen LogP contribution in [0.4, 0.5) is 0 Å². The molecule has 2 aliphatic carbocycles. The standard InChI is InChI=1S/C15H23NO5S/c1-7-5-8-3-4-10-15(8,19)11(14(18)21-10)12(7)22-6-9(16)13(17)20-2/h7-12,19H,3-6,16H2,1-2H3. The summed E-state index contributed by atoms with van der Waals surface area (Å²) in [6.07, 6.45) is 2.18. The maximum absolute atomic E-state index is 12.3. The summed E-state index contributed by atoms with van der Waals surface area (Å²) in [5, 5.41) is 11.0. The molecule has 1 saturated heterocycles. The Morgan fingerprint density at radius 1 is 1.59 bits per heavy atom. The van der Waals surface area contributed by atoms with Crippen molar-refractivity contribution in [2.45, 2.75) is 49.2 Å². The maximum Gasteiger partial charge on any atom is 0.323 e. The lowest BCUT2D eigenvalue weighted by Gasteiger charge is -2.44. The van der Waals surface area contributed by atoms with Crippen molar-refractivity contribution in [1.29, 1.82) is 0 Å². The van der Waals surface area contributed by atoms with E-state index < -0.39 is 23.5 Å². The SMILES string of the molecule is COC(=O)C(N)CSC1C(C)CC2CCC3OC(=O)C1C23O. The predicted molar refractivity (Wildman–Crippen MR) is 81.1 cm³/mol. The van der Waals surface area contributed by atoms with Crippen LogP contribution < -0.4 is 5.73 Å². The molecule has 1 heterocycles. The van der Waals surface area contributed by atoms with Gasteiger partial charge in [0.15, 0.2) is 0 Å². The van der Waals surface area contributed by atoms with Gasteiger partial charge in [0.05, 0.1) is 7.11 Å². The van der Waals surface area contributed by atoms with E-state index >= 15 is 0 Å². The van der Waals surface area contributed by atoms with Crippen LogP contribution in [0.5, 0.6) is 0 Å². The first-order valence-corrected chi connectivity index (χ1v) is 8.82. The van der Waals surface area contributed by atoms with Gasteiger partial charge in [-0.2, -0.15) is 11.8 Å². The fourth-order valence-electron chi connectivity index (χ4n) is 4.40. The lowest BCUT2D eigenvalue weighted by molar-refractivity contribution is -0.145. The predicted octanol–water partition coefficient (Wildman–Crippen LogP) is 0.311. The van der Waals surface area contributed by atoms with Gasteiger partial charge in [-0.3, -0.25) is 9.59 Å². The molecule has 7 heteroatoms. The first-order chi connectivity index (χ1) is 10.4. The van der Waals surface area contributed by atoms with Crippen molar-refractivity contribution in [3.8, 4) is 0 Å². The van der Waals surface area contributed by atoms with Crippen LogP contribution >= 0.6 is 11.8 Å². The highest BCUT2D eigenvalue weighted by Gasteiger charge is 2.68. The normalized spacial score (nSPS) is 44.4. The number of carbonyl (C=O) groups excluding carboxylic acids is 2. The van der Waals surface area contributed by atoms with Crippen LogP contribution in [-0.4, -0.2) is 52.9 Å². The molecule has 0 spiro atoms. The van der Waals surface area contributed by atoms with Crippen LogP contribution in [0.1, 0.15) is 26.2 Å². The van der Waals surface area contributed by atoms with Crippen molar-refractivity contribution < 1.29 is 24.2 Å². The molecule has 3 aliphatic rings. The lowest BCUT2D eigenvalue weighted by Crippen LogP contribution is -2.55. The minimum absolute atomic E-state index is 0.0763. The Morgan fingerprint density at radius 3 is 3.00 bits per heavy atom. The zero-order valence-electron chi connectivity index (χ0n) is 12.9. The van der Waals surface area contributed by atoms with Gasteiger partial charge < -0.3 is 20.3 Å². The molecule has 7 unspecified atom stereocenters. The molecule has 6 nitrogen and oxygen atoms in total. The molecule has 0 radical (unpaired) electrons. The number of esters is 2. The van der Waals surface area contributed by atoms with Gasteiger partial charge >= 0.3 is 11.9 Å². The number of thioether (sulfide) groups is 1. The summed E-state index contributed by atoms with van der Waals surface area (Å²) in [7, 11) is 1.31. The number of rotatable bonds is 4. The minimum atomic E-state index is -1.03. The van der Waals surface area contributed by atoms with Gasteiger partial charge in [0.25, 0.3) is 0 Å². The second-order valence-corrected chi connectivity index (χ2v) is 7.92. The Bertz CT molecular complexity index is 487. The molecule has 2 saturated carbocycles. The molecule has 1 aliphatic heterocycles. The number of hydrogen-bond acceptors (Lipinski definition) is 7. The van der Waals surface area contributed by atoms with Crippen molar-refractivity contribution in [2.75, 3.05) is 12.9 Å². The largest absolute Gasteiger partial charge is 0.468 e. The van der Waals surface area contributed by atoms with E-state index in [2.05, 4.69) is 11.7 Å². The van der Waals surface area contributed by atoms with Gasteiger partial charge in [-0.15, -0.1) is 0 Å². The first kappa shape index (κ1) is 16.1. The highest BCUT2D eigenvalue weighted by molar-refractivity contribution is 8.00. The second-order valence-electron chi connectivity index (χ2n) is 6.71. The number of ether oxygens (including phenoxy) is 2. The monoisotopic (exact) mass is 329 g/mol. The summed E-state index contributed by atoms with van der Waals surface area (Å²) in [6.45, 7) is 2.10. The fraction of sp³-hybridized carbons (Fsp3) is 0.867. The van der Waals surface area contributed by atoms with E-state index in [1.54, 1.807) is 0 Å². The molecule has 0 aromatic rings. The van der Waals surface area contributed by atoms with E-state index in [1.165, 1.54) is 18.9 Å². The summed E-state index contributed by atoms with van der Waals surface area (Å²) in [4.78, 5) is 23.7. The summed E-state index contributed by atoms with van der Waals surface area (Å²) >= 11 is 1.48. The zero-order valence-corrected chi connectivity index (χ0v) is 13.7. The van der Waals surface area contributed by atoms with Crippen molar-refractivity contribution >= 4 is 23.7 Å². The number of carbonyl (C=O) groups is 2. The van der Waals surface area contributed by atoms with Crippen LogP contribution in [0.2, 0.25) is 0 Å². The van der Waals surface area contributed by atoms with Crippen molar-refractivity contribution in [1.82, 2.24) is 0 Å². The molecule has 0 aromatic carbocycles. The number of nitrogens with two attached hydrogens (primary N) is 1. The Balaban J connectivity index is 1.76. The molecule has 22 heavy (non-hydrogen) atoms. The van der Waals surface area contributed by atoms with E-state index in [4.69, 9.17) is 10.5 Å². The lowest BCUT2D eigenvalue weighted by atomic mass is 9.66. The zero-order chi connectivity index (χ0) is 16.1. The molecule has 7 atom stereocenters. The molecule has 0 bridgehead atoms. The Labute approximate surface area is 134 Å². The van der Waals surface area contributed by atoms with E-state index in [0.717, 1.165) is 19.3 Å². The van der Waals surface area contributed by atoms with E-state index in [-0.39, 0.29) is 29.2 Å². The van der Waals surface area contributed by atoms with Crippen LogP contribution in [-0.2, 0) is 19.1 Å². The molecule has 3 fully saturated rings. The Hall–Kier alpha value is -0.790. The average Bonchev–Trinajstić information content (AvgIpc) is 2.93. The highest BCUT2D eigenvalue weighted by atomic mass is 32.2. The molecular weight excluding hydrogens is 306 g/mol. The van der Waals surface area contributed by atoms with Gasteiger partial charge in [0.2, 0.25) is 0 Å². The topological polar surface area (TPSA) is 98.9 Å². The van der Waals surface area contributed by atoms with Gasteiger partial charge in [-0.05, 0) is 31.1 Å². The molecule has 3 N–H and O–H groups in total. The van der Waals surface area contributed by atoms with Gasteiger partial charge in [0.1, 0.15) is 23.7 Å². The van der Waals surface area contributed by atoms with E-state index in [0.29, 0.717) is 5.75 Å². The van der Waals surface area contributed by atoms with E-state index in [1.807, 2.05) is 0 Å². The van der Waals surface area contributed by atoms with Gasteiger partial charge in [-0.1, -0.05) is 6.92 Å². The summed E-state index contributed by atoms with van der Waals surface area (Å²) in [5.41, 5.74) is 4.76. The smallest absolute Gasteiger partial charge is 0.323 e. The Kier molecular flexibility index (Phi) is 4.16. The van der Waals surface area contributed by atoms with Crippen LogP contribution in [0.15, 0.2) is 0 Å².